The minimum absolute atomic E-state index is 0.124. The molecular weight excluding hydrogens is 180 g/mol. The maximum atomic E-state index is 11.2. The molecule has 4 nitrogen and oxygen atoms in total. The van der Waals surface area contributed by atoms with E-state index >= 15 is 0 Å². The van der Waals surface area contributed by atoms with Crippen molar-refractivity contribution >= 4 is 5.97 Å². The number of hydrazine groups is 1. The van der Waals surface area contributed by atoms with Crippen LogP contribution in [0.2, 0.25) is 0 Å². The van der Waals surface area contributed by atoms with E-state index in [9.17, 15) is 4.79 Å². The van der Waals surface area contributed by atoms with Crippen LogP contribution in [0.5, 0.6) is 0 Å². The Kier molecular flexibility index (Phi) is 2.72. The topological polar surface area (TPSA) is 41.6 Å². The predicted molar refractivity (Wildman–Crippen MR) is 52.0 cm³/mol. The highest BCUT2D eigenvalue weighted by Gasteiger charge is 2.26. The zero-order chi connectivity index (χ0) is 9.97. The molecule has 2 aliphatic rings. The number of rotatable bonds is 2. The lowest BCUT2D eigenvalue weighted by atomic mass is 10.2. The molecule has 0 radical (unpaired) electrons. The molecule has 14 heavy (non-hydrogen) atoms. The molecule has 0 aromatic heterocycles. The average Bonchev–Trinajstić information content (AvgIpc) is 2.66. The van der Waals surface area contributed by atoms with Crippen molar-refractivity contribution in [3.63, 3.8) is 0 Å². The van der Waals surface area contributed by atoms with Gasteiger partial charge in [-0.2, -0.15) is 0 Å². The Morgan fingerprint density at radius 3 is 3.21 bits per heavy atom. The summed E-state index contributed by atoms with van der Waals surface area (Å²) in [7, 11) is 0. The fourth-order valence-electron chi connectivity index (χ4n) is 1.91. The number of nitrogens with one attached hydrogen (secondary N) is 1. The standard InChI is InChI=1S/C10H16N2O2/c1-2-10(13)14-9-5-6-11-12-7-3-4-8(9)12/h11H,2-7H2,1H3. The molecule has 0 aliphatic carbocycles. The van der Waals surface area contributed by atoms with E-state index in [1.807, 2.05) is 6.92 Å². The Labute approximate surface area is 83.9 Å². The van der Waals surface area contributed by atoms with Gasteiger partial charge in [0.2, 0.25) is 0 Å². The summed E-state index contributed by atoms with van der Waals surface area (Å²) in [5.74, 6) is 0.759. The van der Waals surface area contributed by atoms with Crippen molar-refractivity contribution in [2.75, 3.05) is 13.1 Å². The Morgan fingerprint density at radius 1 is 1.57 bits per heavy atom. The third-order valence-electron chi connectivity index (χ3n) is 2.62. The van der Waals surface area contributed by atoms with Gasteiger partial charge in [-0.3, -0.25) is 4.79 Å². The van der Waals surface area contributed by atoms with Crippen molar-refractivity contribution in [3.05, 3.63) is 11.5 Å². The molecule has 0 amide bonds. The van der Waals surface area contributed by atoms with Crippen LogP contribution in [-0.2, 0) is 9.53 Å². The number of ether oxygens (including phenoxy) is 1. The molecule has 4 heteroatoms. The van der Waals surface area contributed by atoms with Gasteiger partial charge in [-0.1, -0.05) is 6.92 Å². The molecule has 1 N–H and O–H groups in total. The van der Waals surface area contributed by atoms with Crippen LogP contribution in [0.15, 0.2) is 11.5 Å². The first-order valence-corrected chi connectivity index (χ1v) is 5.25. The van der Waals surface area contributed by atoms with Gasteiger partial charge in [0.1, 0.15) is 5.76 Å². The summed E-state index contributed by atoms with van der Waals surface area (Å²) < 4.78 is 5.31. The molecule has 0 saturated carbocycles. The Morgan fingerprint density at radius 2 is 2.43 bits per heavy atom. The van der Waals surface area contributed by atoms with E-state index in [-0.39, 0.29) is 5.97 Å². The summed E-state index contributed by atoms with van der Waals surface area (Å²) in [5, 5.41) is 2.11. The van der Waals surface area contributed by atoms with E-state index in [1.165, 1.54) is 5.70 Å². The number of esters is 1. The molecule has 2 aliphatic heterocycles. The van der Waals surface area contributed by atoms with Crippen molar-refractivity contribution in [2.24, 2.45) is 0 Å². The summed E-state index contributed by atoms with van der Waals surface area (Å²) in [4.78, 5) is 11.2. The maximum Gasteiger partial charge on any atom is 0.310 e. The number of hydrogen-bond acceptors (Lipinski definition) is 4. The van der Waals surface area contributed by atoms with Crippen LogP contribution in [0.1, 0.15) is 32.6 Å². The van der Waals surface area contributed by atoms with Gasteiger partial charge in [-0.25, -0.2) is 5.43 Å². The normalized spacial score (nSPS) is 21.1. The zero-order valence-corrected chi connectivity index (χ0v) is 8.51. The average molecular weight is 196 g/mol. The largest absolute Gasteiger partial charge is 0.429 e. The molecule has 2 heterocycles. The van der Waals surface area contributed by atoms with Gasteiger partial charge in [0.25, 0.3) is 0 Å². The van der Waals surface area contributed by atoms with E-state index in [2.05, 4.69) is 10.4 Å². The van der Waals surface area contributed by atoms with Gasteiger partial charge in [0, 0.05) is 25.9 Å². The zero-order valence-electron chi connectivity index (χ0n) is 8.51. The molecule has 0 spiro atoms. The third kappa shape index (κ3) is 1.75. The molecule has 0 unspecified atom stereocenters. The second-order valence-electron chi connectivity index (χ2n) is 3.61. The van der Waals surface area contributed by atoms with Crippen LogP contribution in [-0.4, -0.2) is 24.1 Å². The molecule has 1 saturated heterocycles. The van der Waals surface area contributed by atoms with Crippen molar-refractivity contribution < 1.29 is 9.53 Å². The molecule has 0 bridgehead atoms. The van der Waals surface area contributed by atoms with Crippen molar-refractivity contribution in [2.45, 2.75) is 32.6 Å². The first kappa shape index (κ1) is 9.52. The summed E-state index contributed by atoms with van der Waals surface area (Å²) in [5.41, 5.74) is 4.47. The van der Waals surface area contributed by atoms with E-state index < -0.39 is 0 Å². The summed E-state index contributed by atoms with van der Waals surface area (Å²) in [6.07, 6.45) is 3.45. The number of allylic oxidation sites excluding steroid dienone is 1. The van der Waals surface area contributed by atoms with Crippen LogP contribution in [0, 0.1) is 0 Å². The Hall–Kier alpha value is -1.03. The van der Waals surface area contributed by atoms with Crippen LogP contribution in [0.25, 0.3) is 0 Å². The fraction of sp³-hybridized carbons (Fsp3) is 0.700. The Bertz CT molecular complexity index is 273. The van der Waals surface area contributed by atoms with Gasteiger partial charge in [0.05, 0.1) is 5.70 Å². The smallest absolute Gasteiger partial charge is 0.310 e. The highest BCUT2D eigenvalue weighted by molar-refractivity contribution is 5.70. The van der Waals surface area contributed by atoms with Crippen molar-refractivity contribution in [1.29, 1.82) is 0 Å². The molecule has 0 aromatic rings. The van der Waals surface area contributed by atoms with Gasteiger partial charge in [-0.05, 0) is 12.8 Å². The maximum absolute atomic E-state index is 11.2. The Balaban J connectivity index is 2.11. The molecule has 0 aromatic carbocycles. The van der Waals surface area contributed by atoms with Gasteiger partial charge < -0.3 is 9.75 Å². The lowest BCUT2D eigenvalue weighted by molar-refractivity contribution is -0.139. The molecular formula is C10H16N2O2. The molecule has 2 rings (SSSR count). The monoisotopic (exact) mass is 196 g/mol. The van der Waals surface area contributed by atoms with Crippen LogP contribution in [0.4, 0.5) is 0 Å². The lowest BCUT2D eigenvalue weighted by Gasteiger charge is -2.28. The quantitative estimate of drug-likeness (QED) is 0.673. The van der Waals surface area contributed by atoms with Gasteiger partial charge in [-0.15, -0.1) is 0 Å². The molecule has 0 atom stereocenters. The molecule has 78 valence electrons. The highest BCUT2D eigenvalue weighted by Crippen LogP contribution is 2.27. The summed E-state index contributed by atoms with van der Waals surface area (Å²) >= 11 is 0. The number of hydrogen-bond donors (Lipinski definition) is 1. The highest BCUT2D eigenvalue weighted by atomic mass is 16.5. The lowest BCUT2D eigenvalue weighted by Crippen LogP contribution is -2.39. The van der Waals surface area contributed by atoms with Gasteiger partial charge in [0.15, 0.2) is 0 Å². The molecule has 1 fully saturated rings. The van der Waals surface area contributed by atoms with E-state index in [1.54, 1.807) is 0 Å². The summed E-state index contributed by atoms with van der Waals surface area (Å²) in [6, 6.07) is 0. The van der Waals surface area contributed by atoms with Crippen molar-refractivity contribution in [1.82, 2.24) is 10.4 Å². The minimum Gasteiger partial charge on any atom is -0.429 e. The fourth-order valence-corrected chi connectivity index (χ4v) is 1.91. The van der Waals surface area contributed by atoms with Crippen molar-refractivity contribution in [3.8, 4) is 0 Å². The SMILES string of the molecule is CCC(=O)OC1=C2CCCN2NCC1. The predicted octanol–water partition coefficient (Wildman–Crippen LogP) is 1.16. The number of nitrogens with zero attached hydrogens (tertiary/aromatic N) is 1. The first-order valence-electron chi connectivity index (χ1n) is 5.25. The van der Waals surface area contributed by atoms with E-state index in [0.717, 1.165) is 38.1 Å². The number of carbonyl (C=O) groups is 1. The number of fused-ring (bicyclic) bond motifs is 1. The van der Waals surface area contributed by atoms with E-state index in [0.29, 0.717) is 6.42 Å². The first-order chi connectivity index (χ1) is 6.81. The summed E-state index contributed by atoms with van der Waals surface area (Å²) in [6.45, 7) is 3.72. The van der Waals surface area contributed by atoms with E-state index in [4.69, 9.17) is 4.74 Å². The van der Waals surface area contributed by atoms with Gasteiger partial charge >= 0.3 is 5.97 Å². The number of carbonyl (C=O) groups excluding carboxylic acids is 1. The van der Waals surface area contributed by atoms with Crippen LogP contribution < -0.4 is 5.43 Å². The minimum atomic E-state index is -0.124. The van der Waals surface area contributed by atoms with Crippen LogP contribution >= 0.6 is 0 Å². The second kappa shape index (κ2) is 4.00. The third-order valence-corrected chi connectivity index (χ3v) is 2.62. The van der Waals surface area contributed by atoms with Crippen LogP contribution in [0.3, 0.4) is 0 Å². The second-order valence-corrected chi connectivity index (χ2v) is 3.61.